The van der Waals surface area contributed by atoms with E-state index in [0.29, 0.717) is 0 Å². The van der Waals surface area contributed by atoms with Crippen molar-refractivity contribution in [3.8, 4) is 17.1 Å². The summed E-state index contributed by atoms with van der Waals surface area (Å²) in [6, 6.07) is 18.4. The van der Waals surface area contributed by atoms with Crippen molar-refractivity contribution in [1.82, 2.24) is 14.8 Å². The summed E-state index contributed by atoms with van der Waals surface area (Å²) in [6.07, 6.45) is 0.943. The van der Waals surface area contributed by atoms with E-state index in [0.717, 1.165) is 41.0 Å². The van der Waals surface area contributed by atoms with Crippen molar-refractivity contribution in [3.63, 3.8) is 0 Å². The van der Waals surface area contributed by atoms with Gasteiger partial charge in [-0.15, -0.1) is 10.2 Å². The molecule has 0 unspecified atom stereocenters. The summed E-state index contributed by atoms with van der Waals surface area (Å²) >= 11 is 1.71. The predicted molar refractivity (Wildman–Crippen MR) is 98.6 cm³/mol. The number of para-hydroxylation sites is 1. The fraction of sp³-hybridized carbons (Fsp3) is 0.263. The molecule has 3 aromatic rings. The number of hydrogen-bond donors (Lipinski definition) is 0. The normalized spacial score (nSPS) is 10.8. The van der Waals surface area contributed by atoms with E-state index < -0.39 is 0 Å². The molecule has 0 aliphatic carbocycles. The van der Waals surface area contributed by atoms with Crippen LogP contribution in [0.25, 0.3) is 11.4 Å². The van der Waals surface area contributed by atoms with Gasteiger partial charge in [0.2, 0.25) is 0 Å². The Bertz CT molecular complexity index is 786. The molecule has 5 heteroatoms. The molecule has 2 aromatic carbocycles. The third-order valence-corrected chi connectivity index (χ3v) is 4.65. The van der Waals surface area contributed by atoms with Crippen molar-refractivity contribution in [2.75, 3.05) is 12.9 Å². The molecule has 0 amide bonds. The maximum Gasteiger partial charge on any atom is 0.191 e. The molecule has 0 saturated carbocycles. The van der Waals surface area contributed by atoms with Crippen molar-refractivity contribution in [3.05, 3.63) is 60.2 Å². The largest absolute Gasteiger partial charge is 0.496 e. The van der Waals surface area contributed by atoms with Gasteiger partial charge in [0.25, 0.3) is 0 Å². The van der Waals surface area contributed by atoms with Crippen LogP contribution in [0.2, 0.25) is 0 Å². The third-order valence-electron chi connectivity index (χ3n) is 3.81. The Morgan fingerprint density at radius 1 is 1.00 bits per heavy atom. The van der Waals surface area contributed by atoms with E-state index in [4.69, 9.17) is 4.74 Å². The first-order valence-corrected chi connectivity index (χ1v) is 9.05. The fourth-order valence-electron chi connectivity index (χ4n) is 2.64. The van der Waals surface area contributed by atoms with Gasteiger partial charge in [0, 0.05) is 6.54 Å². The zero-order valence-corrected chi connectivity index (χ0v) is 14.8. The minimum atomic E-state index is 0.818. The lowest BCUT2D eigenvalue weighted by Gasteiger charge is -2.12. The molecule has 1 heterocycles. The Morgan fingerprint density at radius 2 is 1.75 bits per heavy atom. The Kier molecular flexibility index (Phi) is 5.54. The second kappa shape index (κ2) is 8.02. The van der Waals surface area contributed by atoms with Crippen LogP contribution in [0, 0.1) is 0 Å². The minimum Gasteiger partial charge on any atom is -0.496 e. The van der Waals surface area contributed by atoms with E-state index >= 15 is 0 Å². The van der Waals surface area contributed by atoms with Gasteiger partial charge >= 0.3 is 0 Å². The van der Waals surface area contributed by atoms with E-state index in [1.165, 1.54) is 5.56 Å². The summed E-state index contributed by atoms with van der Waals surface area (Å²) in [5.74, 6) is 2.65. The molecule has 0 atom stereocenters. The molecule has 3 rings (SSSR count). The first-order chi connectivity index (χ1) is 11.8. The lowest BCUT2D eigenvalue weighted by Crippen LogP contribution is -2.06. The van der Waals surface area contributed by atoms with Crippen LogP contribution in [0.15, 0.2) is 59.8 Å². The van der Waals surface area contributed by atoms with Gasteiger partial charge in [0.05, 0.1) is 12.7 Å². The van der Waals surface area contributed by atoms with Crippen LogP contribution in [0.4, 0.5) is 0 Å². The molecule has 1 aromatic heterocycles. The van der Waals surface area contributed by atoms with Crippen molar-refractivity contribution < 1.29 is 4.74 Å². The zero-order valence-electron chi connectivity index (χ0n) is 14.0. The van der Waals surface area contributed by atoms with Crippen molar-refractivity contribution in [2.24, 2.45) is 0 Å². The van der Waals surface area contributed by atoms with E-state index in [1.54, 1.807) is 18.9 Å². The summed E-state index contributed by atoms with van der Waals surface area (Å²) < 4.78 is 7.69. The van der Waals surface area contributed by atoms with Gasteiger partial charge < -0.3 is 9.30 Å². The highest BCUT2D eigenvalue weighted by atomic mass is 32.2. The molecule has 0 fully saturated rings. The Hall–Kier alpha value is -2.27. The second-order valence-electron chi connectivity index (χ2n) is 5.33. The molecule has 0 spiro atoms. The highest BCUT2D eigenvalue weighted by Gasteiger charge is 2.16. The predicted octanol–water partition coefficient (Wildman–Crippen LogP) is 4.31. The summed E-state index contributed by atoms with van der Waals surface area (Å²) in [4.78, 5) is 0. The Balaban J connectivity index is 1.95. The minimum absolute atomic E-state index is 0.818. The quantitative estimate of drug-likeness (QED) is 0.602. The van der Waals surface area contributed by atoms with Gasteiger partial charge in [-0.2, -0.15) is 0 Å². The average Bonchev–Trinajstić information content (AvgIpc) is 3.03. The first kappa shape index (κ1) is 16.6. The maximum absolute atomic E-state index is 5.50. The molecular formula is C19H21N3OS. The number of nitrogens with zero attached hydrogens (tertiary/aromatic N) is 3. The van der Waals surface area contributed by atoms with Gasteiger partial charge in [-0.25, -0.2) is 0 Å². The van der Waals surface area contributed by atoms with E-state index in [9.17, 15) is 0 Å². The van der Waals surface area contributed by atoms with Crippen LogP contribution in [0.5, 0.6) is 5.75 Å². The van der Waals surface area contributed by atoms with Crippen molar-refractivity contribution in [2.45, 2.75) is 25.0 Å². The summed E-state index contributed by atoms with van der Waals surface area (Å²) in [6.45, 7) is 2.97. The molecule has 0 saturated heterocycles. The summed E-state index contributed by atoms with van der Waals surface area (Å²) in [5, 5.41) is 9.78. The number of benzene rings is 2. The number of thioether (sulfide) groups is 1. The fourth-order valence-corrected chi connectivity index (χ4v) is 3.33. The molecule has 24 heavy (non-hydrogen) atoms. The van der Waals surface area contributed by atoms with Gasteiger partial charge in [-0.3, -0.25) is 0 Å². The second-order valence-corrected chi connectivity index (χ2v) is 6.56. The molecule has 4 nitrogen and oxygen atoms in total. The molecule has 0 aliphatic rings. The maximum atomic E-state index is 5.50. The van der Waals surface area contributed by atoms with Gasteiger partial charge in [0.1, 0.15) is 5.75 Å². The molecule has 0 aliphatic heterocycles. The monoisotopic (exact) mass is 339 g/mol. The summed E-state index contributed by atoms with van der Waals surface area (Å²) in [7, 11) is 1.69. The Labute approximate surface area is 146 Å². The zero-order chi connectivity index (χ0) is 16.8. The number of ether oxygens (including phenoxy) is 1. The van der Waals surface area contributed by atoms with Crippen LogP contribution >= 0.6 is 11.8 Å². The van der Waals surface area contributed by atoms with Gasteiger partial charge in [0.15, 0.2) is 11.0 Å². The van der Waals surface area contributed by atoms with Gasteiger partial charge in [-0.1, -0.05) is 61.2 Å². The third kappa shape index (κ3) is 3.62. The van der Waals surface area contributed by atoms with E-state index in [1.807, 2.05) is 30.3 Å². The van der Waals surface area contributed by atoms with Crippen molar-refractivity contribution >= 4 is 11.8 Å². The molecule has 0 bridgehead atoms. The van der Waals surface area contributed by atoms with Crippen molar-refractivity contribution in [1.29, 1.82) is 0 Å². The molecule has 0 N–H and O–H groups in total. The average molecular weight is 339 g/mol. The van der Waals surface area contributed by atoms with E-state index in [-0.39, 0.29) is 0 Å². The highest BCUT2D eigenvalue weighted by molar-refractivity contribution is 7.99. The standard InChI is InChI=1S/C19H21N3OS/c1-3-24-19-21-20-18(16-11-7-8-12-17(16)23-2)22(19)14-13-15-9-5-4-6-10-15/h4-12H,3,13-14H2,1-2H3. The number of aromatic nitrogens is 3. The number of rotatable bonds is 7. The van der Waals surface area contributed by atoms with E-state index in [2.05, 4.69) is 46.0 Å². The SMILES string of the molecule is CCSc1nnc(-c2ccccc2OC)n1CCc1ccccc1. The first-order valence-electron chi connectivity index (χ1n) is 8.06. The number of methoxy groups -OCH3 is 1. The van der Waals surface area contributed by atoms with Crippen LogP contribution < -0.4 is 4.74 Å². The van der Waals surface area contributed by atoms with Crippen LogP contribution in [0.3, 0.4) is 0 Å². The van der Waals surface area contributed by atoms with Gasteiger partial charge in [-0.05, 0) is 29.9 Å². The molecule has 0 radical (unpaired) electrons. The molecular weight excluding hydrogens is 318 g/mol. The lowest BCUT2D eigenvalue weighted by atomic mass is 10.1. The highest BCUT2D eigenvalue weighted by Crippen LogP contribution is 2.31. The molecule has 124 valence electrons. The lowest BCUT2D eigenvalue weighted by molar-refractivity contribution is 0.415. The smallest absolute Gasteiger partial charge is 0.191 e. The summed E-state index contributed by atoms with van der Waals surface area (Å²) in [5.41, 5.74) is 2.29. The van der Waals surface area contributed by atoms with Crippen LogP contribution in [0.1, 0.15) is 12.5 Å². The Morgan fingerprint density at radius 3 is 2.50 bits per heavy atom. The van der Waals surface area contributed by atoms with Crippen LogP contribution in [-0.2, 0) is 13.0 Å². The topological polar surface area (TPSA) is 39.9 Å². The number of aryl methyl sites for hydroxylation is 1. The van der Waals surface area contributed by atoms with Crippen LogP contribution in [-0.4, -0.2) is 27.6 Å². The number of hydrogen-bond acceptors (Lipinski definition) is 4.